The molecule has 0 aliphatic heterocycles. The summed E-state index contributed by atoms with van der Waals surface area (Å²) in [6, 6.07) is 8.65. The quantitative estimate of drug-likeness (QED) is 0.647. The molecule has 0 unspecified atom stereocenters. The summed E-state index contributed by atoms with van der Waals surface area (Å²) in [7, 11) is 1.14. The van der Waals surface area contributed by atoms with E-state index in [0.717, 1.165) is 15.8 Å². The number of hydrogen-bond donors (Lipinski definition) is 0. The van der Waals surface area contributed by atoms with Crippen molar-refractivity contribution in [3.05, 3.63) is 47.2 Å². The van der Waals surface area contributed by atoms with E-state index in [0.29, 0.717) is 0 Å². The number of benzene rings is 1. The van der Waals surface area contributed by atoms with Gasteiger partial charge in [-0.05, 0) is 37.5 Å². The first kappa shape index (κ1) is 11.0. The molecule has 0 spiro atoms. The molecule has 0 bridgehead atoms. The van der Waals surface area contributed by atoms with E-state index in [1.165, 1.54) is 21.9 Å². The van der Waals surface area contributed by atoms with Gasteiger partial charge in [-0.3, -0.25) is 0 Å². The molecule has 14 heavy (non-hydrogen) atoms. The maximum absolute atomic E-state index is 3.93. The van der Waals surface area contributed by atoms with Gasteiger partial charge in [0.2, 0.25) is 0 Å². The van der Waals surface area contributed by atoms with Crippen LogP contribution in [0.2, 0.25) is 0 Å². The summed E-state index contributed by atoms with van der Waals surface area (Å²) in [5, 5.41) is 1.51. The summed E-state index contributed by atoms with van der Waals surface area (Å²) >= 11 is 0. The molecule has 0 nitrogen and oxygen atoms in total. The molecule has 0 amide bonds. The Kier molecular flexibility index (Phi) is 3.47. The minimum atomic E-state index is 1.13. The third-order valence-electron chi connectivity index (χ3n) is 2.56. The fraction of sp³-hybridized carbons (Fsp3) is 0.231. The van der Waals surface area contributed by atoms with Crippen LogP contribution < -0.4 is 0 Å². The Bertz CT molecular complexity index is 365. The molecule has 1 rings (SSSR count). The zero-order valence-corrected chi connectivity index (χ0v) is 11.5. The van der Waals surface area contributed by atoms with Gasteiger partial charge in [0.05, 0.1) is 0 Å². The van der Waals surface area contributed by atoms with Gasteiger partial charge >= 0.3 is 0 Å². The topological polar surface area (TPSA) is 0 Å². The maximum Gasteiger partial charge on any atom is 0.0333 e. The van der Waals surface area contributed by atoms with Crippen molar-refractivity contribution in [2.45, 2.75) is 20.8 Å². The van der Waals surface area contributed by atoms with Crippen LogP contribution >= 0.6 is 0 Å². The molecule has 0 fully saturated rings. The van der Waals surface area contributed by atoms with Crippen LogP contribution in [0, 0.1) is 0 Å². The fourth-order valence-electron chi connectivity index (χ4n) is 1.29. The largest absolute Gasteiger partial charge is 0.0955 e. The van der Waals surface area contributed by atoms with Gasteiger partial charge in [0.1, 0.15) is 0 Å². The Balaban J connectivity index is 3.06. The van der Waals surface area contributed by atoms with Crippen molar-refractivity contribution in [1.82, 2.24) is 0 Å². The van der Waals surface area contributed by atoms with Crippen LogP contribution in [-0.4, -0.2) is 10.2 Å². The summed E-state index contributed by atoms with van der Waals surface area (Å²) in [5.74, 6) is 0. The average Bonchev–Trinajstić information content (AvgIpc) is 2.16. The number of hydrogen-bond acceptors (Lipinski definition) is 0. The van der Waals surface area contributed by atoms with Gasteiger partial charge < -0.3 is 0 Å². The first-order valence-corrected chi connectivity index (χ1v) is 5.92. The van der Waals surface area contributed by atoms with E-state index in [4.69, 9.17) is 0 Å². The molecule has 0 aliphatic carbocycles. The molecule has 0 saturated carbocycles. The SMILES string of the molecule is C=C(C)c1ccc(C(C)=C(C)[SiH3])cc1. The third-order valence-corrected chi connectivity index (χ3v) is 3.31. The third kappa shape index (κ3) is 2.45. The predicted octanol–water partition coefficient (Wildman–Crippen LogP) is 2.84. The van der Waals surface area contributed by atoms with Gasteiger partial charge in [-0.15, -0.1) is 0 Å². The van der Waals surface area contributed by atoms with Crippen molar-refractivity contribution in [3.8, 4) is 0 Å². The Labute approximate surface area is 89.8 Å². The highest BCUT2D eigenvalue weighted by atomic mass is 28.1. The second-order valence-electron chi connectivity index (χ2n) is 3.98. The first-order valence-electron chi connectivity index (χ1n) is 4.92. The smallest absolute Gasteiger partial charge is 0.0333 e. The van der Waals surface area contributed by atoms with Gasteiger partial charge in [0.15, 0.2) is 0 Å². The molecule has 1 heteroatoms. The molecular weight excluding hydrogens is 184 g/mol. The Morgan fingerprint density at radius 2 is 1.43 bits per heavy atom. The van der Waals surface area contributed by atoms with Crippen LogP contribution in [0.15, 0.2) is 36.0 Å². The zero-order chi connectivity index (χ0) is 10.7. The molecule has 0 N–H and O–H groups in total. The van der Waals surface area contributed by atoms with E-state index >= 15 is 0 Å². The average molecular weight is 202 g/mol. The highest BCUT2D eigenvalue weighted by Gasteiger charge is 1.98. The normalized spacial score (nSPS) is 12.5. The summed E-state index contributed by atoms with van der Waals surface area (Å²) in [6.07, 6.45) is 0. The molecule has 0 atom stereocenters. The molecule has 1 aromatic carbocycles. The summed E-state index contributed by atoms with van der Waals surface area (Å²) in [6.45, 7) is 10.4. The summed E-state index contributed by atoms with van der Waals surface area (Å²) < 4.78 is 0. The first-order chi connectivity index (χ1) is 6.52. The van der Waals surface area contributed by atoms with Gasteiger partial charge in [-0.2, -0.15) is 0 Å². The summed E-state index contributed by atoms with van der Waals surface area (Å²) in [5.41, 5.74) is 5.11. The van der Waals surface area contributed by atoms with Crippen molar-refractivity contribution in [1.29, 1.82) is 0 Å². The van der Waals surface area contributed by atoms with Gasteiger partial charge in [-0.1, -0.05) is 41.6 Å². The molecule has 1 aromatic rings. The van der Waals surface area contributed by atoms with Crippen LogP contribution in [0.5, 0.6) is 0 Å². The second-order valence-corrected chi connectivity index (χ2v) is 5.48. The molecule has 0 radical (unpaired) electrons. The Morgan fingerprint density at radius 3 is 1.79 bits per heavy atom. The van der Waals surface area contributed by atoms with Crippen LogP contribution in [0.25, 0.3) is 11.1 Å². The van der Waals surface area contributed by atoms with Crippen molar-refractivity contribution in [2.24, 2.45) is 0 Å². The van der Waals surface area contributed by atoms with E-state index in [9.17, 15) is 0 Å². The second kappa shape index (κ2) is 4.42. The molecule has 0 aromatic heterocycles. The van der Waals surface area contributed by atoms with Crippen LogP contribution in [0.4, 0.5) is 0 Å². The Hall–Kier alpha value is -1.08. The van der Waals surface area contributed by atoms with Gasteiger partial charge in [-0.25, -0.2) is 0 Å². The molecule has 74 valence electrons. The van der Waals surface area contributed by atoms with Crippen molar-refractivity contribution >= 4 is 21.4 Å². The Morgan fingerprint density at radius 1 is 1.00 bits per heavy atom. The van der Waals surface area contributed by atoms with E-state index < -0.39 is 0 Å². The van der Waals surface area contributed by atoms with Gasteiger partial charge in [0, 0.05) is 10.2 Å². The number of rotatable bonds is 2. The lowest BCUT2D eigenvalue weighted by molar-refractivity contribution is 1.49. The highest BCUT2D eigenvalue weighted by molar-refractivity contribution is 6.24. The monoisotopic (exact) mass is 202 g/mol. The highest BCUT2D eigenvalue weighted by Crippen LogP contribution is 2.19. The fourth-order valence-corrected chi connectivity index (χ4v) is 1.58. The van der Waals surface area contributed by atoms with Crippen LogP contribution in [0.3, 0.4) is 0 Å². The van der Waals surface area contributed by atoms with E-state index in [1.807, 2.05) is 6.92 Å². The van der Waals surface area contributed by atoms with Crippen LogP contribution in [-0.2, 0) is 0 Å². The predicted molar refractivity (Wildman–Crippen MR) is 69.4 cm³/mol. The van der Waals surface area contributed by atoms with Crippen molar-refractivity contribution in [3.63, 3.8) is 0 Å². The van der Waals surface area contributed by atoms with Crippen LogP contribution in [0.1, 0.15) is 31.9 Å². The molecular formula is C13H18Si. The maximum atomic E-state index is 3.93. The lowest BCUT2D eigenvalue weighted by atomic mass is 10.0. The minimum absolute atomic E-state index is 1.13. The molecule has 0 heterocycles. The molecule has 0 saturated heterocycles. The summed E-state index contributed by atoms with van der Waals surface area (Å²) in [4.78, 5) is 0. The van der Waals surface area contributed by atoms with E-state index in [-0.39, 0.29) is 0 Å². The minimum Gasteiger partial charge on any atom is -0.0955 e. The van der Waals surface area contributed by atoms with E-state index in [2.05, 4.69) is 44.7 Å². The standard InChI is InChI=1S/C13H18Si/c1-9(2)12-5-7-13(8-6-12)10(3)11(4)14/h5-8H,1H2,2-4,14H3. The van der Waals surface area contributed by atoms with E-state index in [1.54, 1.807) is 0 Å². The van der Waals surface area contributed by atoms with Crippen molar-refractivity contribution in [2.75, 3.05) is 0 Å². The van der Waals surface area contributed by atoms with Gasteiger partial charge in [0.25, 0.3) is 0 Å². The van der Waals surface area contributed by atoms with Crippen molar-refractivity contribution < 1.29 is 0 Å². The lowest BCUT2D eigenvalue weighted by Gasteiger charge is -2.06. The lowest BCUT2D eigenvalue weighted by Crippen LogP contribution is -1.85. The number of allylic oxidation sites excluding steroid dienone is 3. The molecule has 0 aliphatic rings. The zero-order valence-electron chi connectivity index (χ0n) is 9.52.